The number of carboxylic acids is 1. The van der Waals surface area contributed by atoms with E-state index in [4.69, 9.17) is 5.11 Å². The summed E-state index contributed by atoms with van der Waals surface area (Å²) in [6, 6.07) is -0.672. The normalized spacial score (nSPS) is 30.4. The van der Waals surface area contributed by atoms with Crippen molar-refractivity contribution in [3.63, 3.8) is 0 Å². The van der Waals surface area contributed by atoms with Crippen LogP contribution in [0.1, 0.15) is 32.1 Å². The average molecular weight is 282 g/mol. The Morgan fingerprint density at radius 3 is 2.45 bits per heavy atom. The molecule has 2 N–H and O–H groups in total. The average Bonchev–Trinajstić information content (AvgIpc) is 2.89. The van der Waals surface area contributed by atoms with Gasteiger partial charge < -0.3 is 10.4 Å². The molecule has 2 rings (SSSR count). The van der Waals surface area contributed by atoms with Crippen LogP contribution in [0.4, 0.5) is 0 Å². The third-order valence-corrected chi connectivity index (χ3v) is 4.12. The first-order valence-electron chi connectivity index (χ1n) is 6.73. The molecular weight excluding hydrogens is 264 g/mol. The Balaban J connectivity index is 1.91. The maximum absolute atomic E-state index is 12.1. The minimum atomic E-state index is -0.876. The summed E-state index contributed by atoms with van der Waals surface area (Å²) in [4.78, 5) is 47.1. The van der Waals surface area contributed by atoms with Gasteiger partial charge in [0.05, 0.1) is 5.92 Å². The van der Waals surface area contributed by atoms with Crippen molar-refractivity contribution in [3.8, 4) is 0 Å². The number of nitrogens with zero attached hydrogens (tertiary/aromatic N) is 1. The van der Waals surface area contributed by atoms with E-state index in [1.165, 1.54) is 7.05 Å². The van der Waals surface area contributed by atoms with Gasteiger partial charge >= 0.3 is 5.97 Å². The zero-order chi connectivity index (χ0) is 14.9. The highest BCUT2D eigenvalue weighted by Crippen LogP contribution is 2.31. The minimum absolute atomic E-state index is 0.232. The second-order valence-electron chi connectivity index (χ2n) is 5.44. The molecule has 1 aliphatic heterocycles. The summed E-state index contributed by atoms with van der Waals surface area (Å²) in [5.74, 6) is -2.63. The molecule has 7 nitrogen and oxygen atoms in total. The number of carbonyl (C=O) groups excluding carboxylic acids is 3. The van der Waals surface area contributed by atoms with Crippen molar-refractivity contribution < 1.29 is 24.3 Å². The first kappa shape index (κ1) is 14.5. The van der Waals surface area contributed by atoms with Gasteiger partial charge in [0.1, 0.15) is 6.04 Å². The summed E-state index contributed by atoms with van der Waals surface area (Å²) in [7, 11) is 1.40. The van der Waals surface area contributed by atoms with E-state index in [2.05, 4.69) is 5.32 Å². The van der Waals surface area contributed by atoms with Crippen LogP contribution in [-0.2, 0) is 19.2 Å². The Hall–Kier alpha value is -1.92. The summed E-state index contributed by atoms with van der Waals surface area (Å²) < 4.78 is 0. The number of piperidine rings is 1. The van der Waals surface area contributed by atoms with Crippen LogP contribution in [0.25, 0.3) is 0 Å². The fourth-order valence-corrected chi connectivity index (χ4v) is 2.78. The molecule has 1 saturated carbocycles. The maximum atomic E-state index is 12.1. The van der Waals surface area contributed by atoms with E-state index < -0.39 is 23.8 Å². The van der Waals surface area contributed by atoms with Crippen molar-refractivity contribution in [1.82, 2.24) is 10.2 Å². The molecule has 110 valence electrons. The smallest absolute Gasteiger partial charge is 0.306 e. The molecule has 0 aromatic rings. The van der Waals surface area contributed by atoms with Crippen LogP contribution in [0.5, 0.6) is 0 Å². The van der Waals surface area contributed by atoms with Crippen molar-refractivity contribution >= 4 is 23.7 Å². The Labute approximate surface area is 116 Å². The Bertz CT molecular complexity index is 462. The molecule has 1 aliphatic carbocycles. The van der Waals surface area contributed by atoms with Crippen molar-refractivity contribution in [3.05, 3.63) is 0 Å². The second kappa shape index (κ2) is 5.60. The number of likely N-dealkylation sites (N-methyl/N-ethyl adjacent to an activating group) is 1. The van der Waals surface area contributed by atoms with E-state index in [9.17, 15) is 19.2 Å². The largest absolute Gasteiger partial charge is 0.481 e. The summed E-state index contributed by atoms with van der Waals surface area (Å²) in [5, 5.41) is 11.6. The monoisotopic (exact) mass is 282 g/mol. The zero-order valence-electron chi connectivity index (χ0n) is 11.3. The van der Waals surface area contributed by atoms with E-state index in [0.717, 1.165) is 4.90 Å². The molecule has 1 saturated heterocycles. The van der Waals surface area contributed by atoms with Crippen LogP contribution < -0.4 is 5.32 Å². The van der Waals surface area contributed by atoms with Crippen LogP contribution in [0.3, 0.4) is 0 Å². The number of hydrogen-bond acceptors (Lipinski definition) is 4. The van der Waals surface area contributed by atoms with Gasteiger partial charge in [0.15, 0.2) is 0 Å². The third-order valence-electron chi connectivity index (χ3n) is 4.12. The molecule has 0 bridgehead atoms. The zero-order valence-corrected chi connectivity index (χ0v) is 11.3. The van der Waals surface area contributed by atoms with Crippen LogP contribution in [-0.4, -0.2) is 46.8 Å². The fraction of sp³-hybridized carbons (Fsp3) is 0.692. The first-order valence-corrected chi connectivity index (χ1v) is 6.73. The first-order chi connectivity index (χ1) is 9.40. The number of likely N-dealkylation sites (tertiary alicyclic amines) is 1. The van der Waals surface area contributed by atoms with Crippen molar-refractivity contribution in [2.24, 2.45) is 11.8 Å². The molecule has 20 heavy (non-hydrogen) atoms. The van der Waals surface area contributed by atoms with Gasteiger partial charge in [-0.15, -0.1) is 0 Å². The molecule has 7 heteroatoms. The molecular formula is C13H18N2O5. The van der Waals surface area contributed by atoms with Crippen LogP contribution in [0.2, 0.25) is 0 Å². The van der Waals surface area contributed by atoms with Gasteiger partial charge in [-0.05, 0) is 25.7 Å². The molecule has 0 radical (unpaired) electrons. The van der Waals surface area contributed by atoms with E-state index >= 15 is 0 Å². The van der Waals surface area contributed by atoms with Gasteiger partial charge in [0.25, 0.3) is 5.91 Å². The van der Waals surface area contributed by atoms with Crippen molar-refractivity contribution in [2.45, 2.75) is 38.1 Å². The van der Waals surface area contributed by atoms with Gasteiger partial charge in [-0.3, -0.25) is 24.1 Å². The SMILES string of the molecule is CN1C(=O)CCC(NC(=O)[C@@H]2CC[C@H](C(=O)O)C2)C1=O. The summed E-state index contributed by atoms with van der Waals surface area (Å²) in [6.45, 7) is 0. The third kappa shape index (κ3) is 2.81. The molecule has 0 aromatic heterocycles. The number of carboxylic acid groups (broad SMARTS) is 1. The lowest BCUT2D eigenvalue weighted by atomic mass is 10.0. The highest BCUT2D eigenvalue weighted by Gasteiger charge is 2.37. The molecule has 0 aromatic carbocycles. The highest BCUT2D eigenvalue weighted by atomic mass is 16.4. The second-order valence-corrected chi connectivity index (χ2v) is 5.44. The summed E-state index contributed by atoms with van der Waals surface area (Å²) in [5.41, 5.74) is 0. The van der Waals surface area contributed by atoms with Gasteiger partial charge in [0, 0.05) is 19.4 Å². The van der Waals surface area contributed by atoms with Crippen molar-refractivity contribution in [1.29, 1.82) is 0 Å². The lowest BCUT2D eigenvalue weighted by Crippen LogP contribution is -2.53. The molecule has 2 fully saturated rings. The number of rotatable bonds is 3. The van der Waals surface area contributed by atoms with Gasteiger partial charge in [0.2, 0.25) is 11.8 Å². The number of aliphatic carboxylic acids is 1. The maximum Gasteiger partial charge on any atom is 0.306 e. The Kier molecular flexibility index (Phi) is 4.06. The van der Waals surface area contributed by atoms with E-state index in [1.807, 2.05) is 0 Å². The quantitative estimate of drug-likeness (QED) is 0.695. The Morgan fingerprint density at radius 2 is 1.85 bits per heavy atom. The van der Waals surface area contributed by atoms with Gasteiger partial charge in [-0.25, -0.2) is 0 Å². The van der Waals surface area contributed by atoms with Crippen molar-refractivity contribution in [2.75, 3.05) is 7.05 Å². The molecule has 3 atom stereocenters. The number of hydrogen-bond donors (Lipinski definition) is 2. The minimum Gasteiger partial charge on any atom is -0.481 e. The molecule has 0 spiro atoms. The molecule has 3 amide bonds. The molecule has 1 unspecified atom stereocenters. The number of imide groups is 1. The number of carbonyl (C=O) groups is 4. The lowest BCUT2D eigenvalue weighted by molar-refractivity contribution is -0.150. The van der Waals surface area contributed by atoms with E-state index in [1.54, 1.807) is 0 Å². The fourth-order valence-electron chi connectivity index (χ4n) is 2.78. The summed E-state index contributed by atoms with van der Waals surface area (Å²) in [6.07, 6.45) is 1.87. The molecule has 2 aliphatic rings. The predicted octanol–water partition coefficient (Wildman–Crippen LogP) is -0.249. The van der Waals surface area contributed by atoms with E-state index in [0.29, 0.717) is 25.7 Å². The van der Waals surface area contributed by atoms with Crippen LogP contribution >= 0.6 is 0 Å². The predicted molar refractivity (Wildman–Crippen MR) is 67.4 cm³/mol. The van der Waals surface area contributed by atoms with Crippen LogP contribution in [0.15, 0.2) is 0 Å². The number of nitrogens with one attached hydrogen (secondary N) is 1. The standard InChI is InChI=1S/C13H18N2O5/c1-15-10(16)5-4-9(12(15)18)14-11(17)7-2-3-8(6-7)13(19)20/h7-9H,2-6H2,1H3,(H,14,17)(H,19,20)/t7-,8+,9?/m1/s1. The summed E-state index contributed by atoms with van der Waals surface area (Å²) >= 11 is 0. The van der Waals surface area contributed by atoms with Crippen LogP contribution in [0, 0.1) is 11.8 Å². The van der Waals surface area contributed by atoms with E-state index in [-0.39, 0.29) is 24.2 Å². The molecule has 1 heterocycles. The lowest BCUT2D eigenvalue weighted by Gasteiger charge is -2.28. The topological polar surface area (TPSA) is 104 Å². The number of amides is 3. The van der Waals surface area contributed by atoms with Gasteiger partial charge in [-0.1, -0.05) is 0 Å². The Morgan fingerprint density at radius 1 is 1.20 bits per heavy atom. The highest BCUT2D eigenvalue weighted by molar-refractivity contribution is 6.01. The van der Waals surface area contributed by atoms with Gasteiger partial charge in [-0.2, -0.15) is 0 Å².